The van der Waals surface area contributed by atoms with E-state index < -0.39 is 18.3 Å². The molecule has 0 N–H and O–H groups in total. The van der Waals surface area contributed by atoms with E-state index in [1.165, 1.54) is 17.0 Å². The molecule has 4 nitrogen and oxygen atoms in total. The van der Waals surface area contributed by atoms with Crippen molar-refractivity contribution in [3.63, 3.8) is 0 Å². The van der Waals surface area contributed by atoms with Crippen LogP contribution in [0.5, 0.6) is 0 Å². The zero-order valence-electron chi connectivity index (χ0n) is 11.3. The fourth-order valence-corrected chi connectivity index (χ4v) is 2.20. The van der Waals surface area contributed by atoms with E-state index in [1.54, 1.807) is 0 Å². The van der Waals surface area contributed by atoms with Crippen LogP contribution in [-0.4, -0.2) is 34.1 Å². The summed E-state index contributed by atoms with van der Waals surface area (Å²) in [6.07, 6.45) is -1.53. The lowest BCUT2D eigenvalue weighted by atomic mass is 10.2. The Morgan fingerprint density at radius 1 is 1.45 bits per heavy atom. The van der Waals surface area contributed by atoms with Crippen LogP contribution in [0.15, 0.2) is 17.2 Å². The molecule has 0 atom stereocenters. The summed E-state index contributed by atoms with van der Waals surface area (Å²) in [5.74, 6) is 0.0557. The molecule has 1 aromatic rings. The number of anilines is 1. The number of halogens is 4. The Labute approximate surface area is 123 Å². The van der Waals surface area contributed by atoms with Crippen LogP contribution in [0.2, 0.25) is 0 Å². The van der Waals surface area contributed by atoms with E-state index in [1.807, 2.05) is 13.8 Å². The van der Waals surface area contributed by atoms with Crippen molar-refractivity contribution in [2.75, 3.05) is 23.3 Å². The summed E-state index contributed by atoms with van der Waals surface area (Å²) in [6.45, 7) is 3.18. The van der Waals surface area contributed by atoms with Gasteiger partial charge in [0.15, 0.2) is 5.82 Å². The van der Waals surface area contributed by atoms with Crippen molar-refractivity contribution >= 4 is 21.7 Å². The number of nitrogens with zero attached hydrogens (tertiary/aromatic N) is 3. The van der Waals surface area contributed by atoms with Crippen LogP contribution in [-0.2, 0) is 6.54 Å². The standard InChI is InChI=1S/C12H17BrF3N3O/c1-9(2)7-18-6-4-17-10(11(18)20)19(5-3-13)8-12(14,15)16/h4,6,9H,3,5,7-8H2,1-2H3. The Morgan fingerprint density at radius 2 is 2.10 bits per heavy atom. The third-order valence-corrected chi connectivity index (χ3v) is 2.84. The SMILES string of the molecule is CC(C)Cn1ccnc(N(CCBr)CC(F)(F)F)c1=O. The first kappa shape index (κ1) is 17.0. The maximum Gasteiger partial charge on any atom is 0.405 e. The fourth-order valence-electron chi connectivity index (χ4n) is 1.77. The predicted molar refractivity (Wildman–Crippen MR) is 75.4 cm³/mol. The van der Waals surface area contributed by atoms with Crippen LogP contribution < -0.4 is 10.5 Å². The van der Waals surface area contributed by atoms with E-state index in [-0.39, 0.29) is 18.3 Å². The van der Waals surface area contributed by atoms with Gasteiger partial charge in [-0.15, -0.1) is 0 Å². The average molecular weight is 356 g/mol. The van der Waals surface area contributed by atoms with Gasteiger partial charge in [-0.05, 0) is 5.92 Å². The van der Waals surface area contributed by atoms with Gasteiger partial charge in [0.1, 0.15) is 6.54 Å². The van der Waals surface area contributed by atoms with Crippen molar-refractivity contribution in [1.82, 2.24) is 9.55 Å². The Bertz CT molecular complexity index is 488. The molecule has 0 radical (unpaired) electrons. The molecule has 8 heteroatoms. The molecule has 0 aliphatic rings. The molecule has 114 valence electrons. The Kier molecular flexibility index (Phi) is 6.04. The minimum absolute atomic E-state index is 0.0629. The summed E-state index contributed by atoms with van der Waals surface area (Å²) in [4.78, 5) is 17.0. The van der Waals surface area contributed by atoms with E-state index in [0.29, 0.717) is 11.9 Å². The number of rotatable bonds is 6. The Balaban J connectivity index is 3.10. The van der Waals surface area contributed by atoms with Gasteiger partial charge in [0.2, 0.25) is 0 Å². The van der Waals surface area contributed by atoms with Gasteiger partial charge in [-0.1, -0.05) is 29.8 Å². The van der Waals surface area contributed by atoms with E-state index in [2.05, 4.69) is 20.9 Å². The highest BCUT2D eigenvalue weighted by molar-refractivity contribution is 9.09. The second kappa shape index (κ2) is 7.10. The minimum atomic E-state index is -4.38. The van der Waals surface area contributed by atoms with E-state index >= 15 is 0 Å². The smallest absolute Gasteiger partial charge is 0.342 e. The Hall–Kier alpha value is -1.05. The summed E-state index contributed by atoms with van der Waals surface area (Å²) in [5, 5.41) is 0.323. The highest BCUT2D eigenvalue weighted by Crippen LogP contribution is 2.18. The van der Waals surface area contributed by atoms with Crippen LogP contribution in [0.3, 0.4) is 0 Å². The monoisotopic (exact) mass is 355 g/mol. The third kappa shape index (κ3) is 5.15. The number of alkyl halides is 4. The lowest BCUT2D eigenvalue weighted by Crippen LogP contribution is -2.40. The molecule has 0 saturated heterocycles. The molecule has 0 aromatic carbocycles. The molecule has 1 rings (SSSR count). The lowest BCUT2D eigenvalue weighted by molar-refractivity contribution is -0.119. The molecule has 0 aliphatic heterocycles. The first-order valence-corrected chi connectivity index (χ1v) is 7.30. The summed E-state index contributed by atoms with van der Waals surface area (Å²) >= 11 is 3.09. The molecule has 0 fully saturated rings. The van der Waals surface area contributed by atoms with Crippen molar-refractivity contribution in [3.05, 3.63) is 22.7 Å². The summed E-state index contributed by atoms with van der Waals surface area (Å²) in [7, 11) is 0. The van der Waals surface area contributed by atoms with Crippen LogP contribution in [0.4, 0.5) is 19.0 Å². The molecule has 0 aliphatic carbocycles. The first-order valence-electron chi connectivity index (χ1n) is 6.17. The number of aromatic nitrogens is 2. The van der Waals surface area contributed by atoms with Crippen LogP contribution in [0.25, 0.3) is 0 Å². The quantitative estimate of drug-likeness (QED) is 0.736. The lowest BCUT2D eigenvalue weighted by Gasteiger charge is -2.24. The van der Waals surface area contributed by atoms with E-state index in [0.717, 1.165) is 4.90 Å². The van der Waals surface area contributed by atoms with Crippen molar-refractivity contribution in [2.24, 2.45) is 5.92 Å². The highest BCUT2D eigenvalue weighted by atomic mass is 79.9. The molecule has 20 heavy (non-hydrogen) atoms. The molecule has 0 spiro atoms. The number of hydrogen-bond acceptors (Lipinski definition) is 3. The molecule has 0 saturated carbocycles. The van der Waals surface area contributed by atoms with Gasteiger partial charge >= 0.3 is 6.18 Å². The molecule has 0 amide bonds. The summed E-state index contributed by atoms with van der Waals surface area (Å²) in [5.41, 5.74) is -0.494. The van der Waals surface area contributed by atoms with Gasteiger partial charge in [-0.25, -0.2) is 4.98 Å². The van der Waals surface area contributed by atoms with Crippen molar-refractivity contribution in [2.45, 2.75) is 26.6 Å². The zero-order valence-corrected chi connectivity index (χ0v) is 12.9. The zero-order chi connectivity index (χ0) is 15.3. The molecule has 1 heterocycles. The highest BCUT2D eigenvalue weighted by Gasteiger charge is 2.32. The second-order valence-electron chi connectivity index (χ2n) is 4.83. The fraction of sp³-hybridized carbons (Fsp3) is 0.667. The molecular formula is C12H17BrF3N3O. The maximum atomic E-state index is 12.6. The van der Waals surface area contributed by atoms with E-state index in [4.69, 9.17) is 0 Å². The molecule has 1 aromatic heterocycles. The van der Waals surface area contributed by atoms with Gasteiger partial charge in [0.25, 0.3) is 5.56 Å². The maximum absolute atomic E-state index is 12.6. The normalized spacial score (nSPS) is 11.9. The number of hydrogen-bond donors (Lipinski definition) is 0. The van der Waals surface area contributed by atoms with Crippen molar-refractivity contribution < 1.29 is 13.2 Å². The topological polar surface area (TPSA) is 38.1 Å². The van der Waals surface area contributed by atoms with Gasteiger partial charge < -0.3 is 9.47 Å². The van der Waals surface area contributed by atoms with Crippen molar-refractivity contribution in [3.8, 4) is 0 Å². The third-order valence-electron chi connectivity index (χ3n) is 2.48. The van der Waals surface area contributed by atoms with Gasteiger partial charge in [0.05, 0.1) is 0 Å². The molecular weight excluding hydrogens is 339 g/mol. The van der Waals surface area contributed by atoms with Gasteiger partial charge in [-0.2, -0.15) is 13.2 Å². The second-order valence-corrected chi connectivity index (χ2v) is 5.62. The predicted octanol–water partition coefficient (Wildman–Crippen LogP) is 2.66. The van der Waals surface area contributed by atoms with Crippen molar-refractivity contribution in [1.29, 1.82) is 0 Å². The largest absolute Gasteiger partial charge is 0.405 e. The van der Waals surface area contributed by atoms with Crippen LogP contribution >= 0.6 is 15.9 Å². The van der Waals surface area contributed by atoms with Crippen LogP contribution in [0.1, 0.15) is 13.8 Å². The Morgan fingerprint density at radius 3 is 2.60 bits per heavy atom. The minimum Gasteiger partial charge on any atom is -0.342 e. The van der Waals surface area contributed by atoms with Crippen LogP contribution in [0, 0.1) is 5.92 Å². The molecule has 0 bridgehead atoms. The average Bonchev–Trinajstić information content (AvgIpc) is 2.29. The van der Waals surface area contributed by atoms with E-state index in [9.17, 15) is 18.0 Å². The first-order chi connectivity index (χ1) is 9.24. The molecule has 0 unspecified atom stereocenters. The summed E-state index contributed by atoms with van der Waals surface area (Å²) < 4.78 is 39.1. The van der Waals surface area contributed by atoms with Gasteiger partial charge in [0, 0.05) is 30.8 Å². The van der Waals surface area contributed by atoms with Gasteiger partial charge in [-0.3, -0.25) is 4.79 Å². The summed E-state index contributed by atoms with van der Waals surface area (Å²) in [6, 6.07) is 0.